The van der Waals surface area contributed by atoms with Crippen molar-refractivity contribution in [3.63, 3.8) is 0 Å². The number of para-hydroxylation sites is 2. The van der Waals surface area contributed by atoms with E-state index in [0.717, 1.165) is 22.5 Å². The summed E-state index contributed by atoms with van der Waals surface area (Å²) in [6.45, 7) is 8.63. The number of carbonyl (C=O) groups is 1. The van der Waals surface area contributed by atoms with Crippen LogP contribution < -0.4 is 4.90 Å². The number of hydrogen-bond donors (Lipinski definition) is 0. The molecule has 8 heteroatoms. The quantitative estimate of drug-likeness (QED) is 0.521. The third kappa shape index (κ3) is 4.75. The van der Waals surface area contributed by atoms with Crippen molar-refractivity contribution in [3.8, 4) is 0 Å². The molecule has 1 aliphatic heterocycles. The van der Waals surface area contributed by atoms with Crippen molar-refractivity contribution in [1.82, 2.24) is 14.5 Å². The highest BCUT2D eigenvalue weighted by atomic mass is 35.5. The zero-order valence-corrected chi connectivity index (χ0v) is 19.5. The van der Waals surface area contributed by atoms with Gasteiger partial charge in [0.15, 0.2) is 0 Å². The number of ether oxygens (including phenoxy) is 1. The second-order valence-electron chi connectivity index (χ2n) is 8.64. The number of fused-ring (bicyclic) bond motifs is 1. The lowest BCUT2D eigenvalue weighted by molar-refractivity contribution is 0.0240. The van der Waals surface area contributed by atoms with E-state index in [0.29, 0.717) is 42.8 Å². The number of aromatic nitrogens is 2. The summed E-state index contributed by atoms with van der Waals surface area (Å²) in [4.78, 5) is 21.3. The Bertz CT molecular complexity index is 1080. The summed E-state index contributed by atoms with van der Waals surface area (Å²) in [6, 6.07) is 13.6. The van der Waals surface area contributed by atoms with Crippen molar-refractivity contribution in [1.29, 1.82) is 0 Å². The fourth-order valence-electron chi connectivity index (χ4n) is 3.72. The summed E-state index contributed by atoms with van der Waals surface area (Å²) in [5.41, 5.74) is 2.29. The van der Waals surface area contributed by atoms with Crippen LogP contribution in [0.4, 0.5) is 10.7 Å². The van der Waals surface area contributed by atoms with Crippen LogP contribution in [-0.2, 0) is 11.3 Å². The summed E-state index contributed by atoms with van der Waals surface area (Å²) in [5.74, 6) is 0.848. The molecule has 1 fully saturated rings. The van der Waals surface area contributed by atoms with Crippen LogP contribution in [0.25, 0.3) is 11.0 Å². The molecule has 0 radical (unpaired) electrons. The normalized spacial score (nSPS) is 14.9. The van der Waals surface area contributed by atoms with Crippen LogP contribution in [-0.4, -0.2) is 52.3 Å². The van der Waals surface area contributed by atoms with Crippen LogP contribution in [0.15, 0.2) is 42.5 Å². The standard InChI is InChI=1S/C23H26Cl2N4O2/c1-23(2,3)31-22(30)28-13-11-27(12-14-28)21-26-19-9-4-5-10-20(19)29(21)15-16-17(24)7-6-8-18(16)25/h4-10H,11-15H2,1-3H3. The zero-order valence-electron chi connectivity index (χ0n) is 17.9. The molecular weight excluding hydrogens is 435 g/mol. The SMILES string of the molecule is CC(C)(C)OC(=O)N1CCN(c2nc3ccccc3n2Cc2c(Cl)cccc2Cl)CC1. The molecule has 1 amide bonds. The predicted octanol–water partition coefficient (Wildman–Crippen LogP) is 5.45. The molecular formula is C23H26Cl2N4O2. The van der Waals surface area contributed by atoms with E-state index < -0.39 is 5.60 Å². The average molecular weight is 461 g/mol. The minimum atomic E-state index is -0.504. The number of nitrogens with zero attached hydrogens (tertiary/aromatic N) is 4. The summed E-state index contributed by atoms with van der Waals surface area (Å²) in [5, 5.41) is 1.26. The topological polar surface area (TPSA) is 50.6 Å². The lowest BCUT2D eigenvalue weighted by Gasteiger charge is -2.36. The molecule has 0 N–H and O–H groups in total. The first-order valence-electron chi connectivity index (χ1n) is 10.3. The van der Waals surface area contributed by atoms with Gasteiger partial charge < -0.3 is 19.1 Å². The van der Waals surface area contributed by atoms with E-state index in [-0.39, 0.29) is 6.09 Å². The number of amides is 1. The summed E-state index contributed by atoms with van der Waals surface area (Å²) >= 11 is 12.9. The van der Waals surface area contributed by atoms with Crippen LogP contribution in [0.3, 0.4) is 0 Å². The van der Waals surface area contributed by atoms with Crippen molar-refractivity contribution in [2.24, 2.45) is 0 Å². The van der Waals surface area contributed by atoms with Crippen LogP contribution in [0, 0.1) is 0 Å². The molecule has 0 atom stereocenters. The highest BCUT2D eigenvalue weighted by molar-refractivity contribution is 6.36. The Kier molecular flexibility index (Phi) is 6.04. The maximum atomic E-state index is 12.4. The number of anilines is 1. The molecule has 1 aliphatic rings. The zero-order chi connectivity index (χ0) is 22.2. The van der Waals surface area contributed by atoms with Gasteiger partial charge in [-0.1, -0.05) is 41.4 Å². The molecule has 6 nitrogen and oxygen atoms in total. The lowest BCUT2D eigenvalue weighted by Crippen LogP contribution is -2.50. The Hall–Kier alpha value is -2.44. The van der Waals surface area contributed by atoms with E-state index in [1.807, 2.05) is 63.2 Å². The van der Waals surface area contributed by atoms with Gasteiger partial charge in [0.2, 0.25) is 5.95 Å². The number of benzene rings is 2. The van der Waals surface area contributed by atoms with E-state index in [9.17, 15) is 4.79 Å². The molecule has 31 heavy (non-hydrogen) atoms. The van der Waals surface area contributed by atoms with Crippen molar-refractivity contribution < 1.29 is 9.53 Å². The second-order valence-corrected chi connectivity index (χ2v) is 9.46. The molecule has 0 aliphatic carbocycles. The van der Waals surface area contributed by atoms with Crippen molar-refractivity contribution in [2.75, 3.05) is 31.1 Å². The van der Waals surface area contributed by atoms with Crippen molar-refractivity contribution in [2.45, 2.75) is 32.9 Å². The van der Waals surface area contributed by atoms with E-state index >= 15 is 0 Å². The molecule has 0 spiro atoms. The molecule has 1 aromatic heterocycles. The van der Waals surface area contributed by atoms with E-state index in [1.54, 1.807) is 4.90 Å². The smallest absolute Gasteiger partial charge is 0.410 e. The van der Waals surface area contributed by atoms with Gasteiger partial charge in [0.25, 0.3) is 0 Å². The van der Waals surface area contributed by atoms with E-state index in [4.69, 9.17) is 32.9 Å². The minimum Gasteiger partial charge on any atom is -0.444 e. The van der Waals surface area contributed by atoms with Gasteiger partial charge in [0.05, 0.1) is 17.6 Å². The number of imidazole rings is 1. The number of hydrogen-bond acceptors (Lipinski definition) is 4. The number of piperazine rings is 1. The Morgan fingerprint density at radius 2 is 1.65 bits per heavy atom. The molecule has 0 bridgehead atoms. The molecule has 3 aromatic rings. The van der Waals surface area contributed by atoms with E-state index in [2.05, 4.69) is 9.47 Å². The van der Waals surface area contributed by atoms with Gasteiger partial charge in [-0.15, -0.1) is 0 Å². The van der Waals surface area contributed by atoms with Gasteiger partial charge in [0.1, 0.15) is 5.60 Å². The summed E-state index contributed by atoms with van der Waals surface area (Å²) in [6.07, 6.45) is -0.275. The molecule has 1 saturated heterocycles. The molecule has 164 valence electrons. The Morgan fingerprint density at radius 3 is 2.29 bits per heavy atom. The first-order valence-corrected chi connectivity index (χ1v) is 11.1. The van der Waals surface area contributed by atoms with Crippen LogP contribution in [0.1, 0.15) is 26.3 Å². The average Bonchev–Trinajstić information content (AvgIpc) is 3.08. The lowest BCUT2D eigenvalue weighted by atomic mass is 10.2. The second kappa shape index (κ2) is 8.60. The third-order valence-electron chi connectivity index (χ3n) is 5.23. The highest BCUT2D eigenvalue weighted by Gasteiger charge is 2.28. The number of carbonyl (C=O) groups excluding carboxylic acids is 1. The van der Waals surface area contributed by atoms with E-state index in [1.165, 1.54) is 0 Å². The van der Waals surface area contributed by atoms with Crippen LogP contribution in [0.2, 0.25) is 10.0 Å². The largest absolute Gasteiger partial charge is 0.444 e. The highest BCUT2D eigenvalue weighted by Crippen LogP contribution is 2.30. The first kappa shape index (κ1) is 21.8. The predicted molar refractivity (Wildman–Crippen MR) is 125 cm³/mol. The fourth-order valence-corrected chi connectivity index (χ4v) is 4.23. The summed E-state index contributed by atoms with van der Waals surface area (Å²) < 4.78 is 7.66. The van der Waals surface area contributed by atoms with Crippen LogP contribution in [0.5, 0.6) is 0 Å². The van der Waals surface area contributed by atoms with Gasteiger partial charge in [-0.2, -0.15) is 0 Å². The van der Waals surface area contributed by atoms with Gasteiger partial charge in [-0.05, 0) is 45.0 Å². The maximum Gasteiger partial charge on any atom is 0.410 e. The summed E-state index contributed by atoms with van der Waals surface area (Å²) in [7, 11) is 0. The number of halogens is 2. The van der Waals surface area contributed by atoms with Crippen molar-refractivity contribution in [3.05, 3.63) is 58.1 Å². The monoisotopic (exact) mass is 460 g/mol. The Morgan fingerprint density at radius 1 is 1.00 bits per heavy atom. The molecule has 2 heterocycles. The Labute approximate surface area is 192 Å². The first-order chi connectivity index (χ1) is 14.7. The van der Waals surface area contributed by atoms with Crippen LogP contribution >= 0.6 is 23.2 Å². The van der Waals surface area contributed by atoms with Gasteiger partial charge in [-0.25, -0.2) is 9.78 Å². The fraction of sp³-hybridized carbons (Fsp3) is 0.391. The third-order valence-corrected chi connectivity index (χ3v) is 5.93. The van der Waals surface area contributed by atoms with Crippen molar-refractivity contribution >= 4 is 46.3 Å². The maximum absolute atomic E-state index is 12.4. The Balaban J connectivity index is 1.60. The van der Waals surface area contributed by atoms with Gasteiger partial charge in [-0.3, -0.25) is 0 Å². The van der Waals surface area contributed by atoms with Gasteiger partial charge in [0, 0.05) is 41.8 Å². The molecule has 0 saturated carbocycles. The minimum absolute atomic E-state index is 0.275. The van der Waals surface area contributed by atoms with Gasteiger partial charge >= 0.3 is 6.09 Å². The molecule has 4 rings (SSSR count). The molecule has 2 aromatic carbocycles. The molecule has 0 unspecified atom stereocenters. The number of rotatable bonds is 3.